The van der Waals surface area contributed by atoms with Crippen LogP contribution in [0, 0.1) is 5.92 Å². The number of ether oxygens (including phenoxy) is 1. The summed E-state index contributed by atoms with van der Waals surface area (Å²) in [6.07, 6.45) is 2.08. The van der Waals surface area contributed by atoms with Gasteiger partial charge < -0.3 is 20.1 Å². The lowest BCUT2D eigenvalue weighted by atomic mass is 9.95. The SMILES string of the molecule is CC(C)[C@H](NC(=O)c1ccc2[nH]nc(-c3ccc(OC4CCN(CCO)CC4)cc3)c2c1)c1ccccc1Cl. The number of hydrogen-bond acceptors (Lipinski definition) is 5. The summed E-state index contributed by atoms with van der Waals surface area (Å²) in [6, 6.07) is 21.0. The van der Waals surface area contributed by atoms with E-state index in [1.165, 1.54) is 0 Å². The van der Waals surface area contributed by atoms with E-state index in [1.807, 2.05) is 66.7 Å². The summed E-state index contributed by atoms with van der Waals surface area (Å²) in [7, 11) is 0. The van der Waals surface area contributed by atoms with Gasteiger partial charge in [-0.2, -0.15) is 5.10 Å². The monoisotopic (exact) mass is 546 g/mol. The van der Waals surface area contributed by atoms with E-state index in [2.05, 4.69) is 34.3 Å². The number of carbonyl (C=O) groups is 1. The molecule has 7 nitrogen and oxygen atoms in total. The molecule has 3 aromatic carbocycles. The van der Waals surface area contributed by atoms with Crippen molar-refractivity contribution in [3.63, 3.8) is 0 Å². The Labute approximate surface area is 234 Å². The summed E-state index contributed by atoms with van der Waals surface area (Å²) in [5, 5.41) is 21.5. The first-order valence-electron chi connectivity index (χ1n) is 13.6. The van der Waals surface area contributed by atoms with Gasteiger partial charge in [0, 0.05) is 41.2 Å². The van der Waals surface area contributed by atoms with Gasteiger partial charge in [-0.25, -0.2) is 0 Å². The van der Waals surface area contributed by atoms with Crippen LogP contribution in [-0.4, -0.2) is 58.5 Å². The van der Waals surface area contributed by atoms with Crippen LogP contribution in [0.25, 0.3) is 22.2 Å². The molecule has 5 rings (SSSR count). The number of aromatic amines is 1. The van der Waals surface area contributed by atoms with Crippen molar-refractivity contribution in [1.82, 2.24) is 20.4 Å². The molecule has 1 saturated heterocycles. The zero-order chi connectivity index (χ0) is 27.4. The first-order valence-corrected chi connectivity index (χ1v) is 13.9. The minimum atomic E-state index is -0.208. The number of nitrogens with one attached hydrogen (secondary N) is 2. The second-order valence-electron chi connectivity index (χ2n) is 10.5. The fourth-order valence-electron chi connectivity index (χ4n) is 5.21. The van der Waals surface area contributed by atoms with E-state index in [0.29, 0.717) is 10.6 Å². The predicted molar refractivity (Wildman–Crippen MR) is 155 cm³/mol. The highest BCUT2D eigenvalue weighted by Crippen LogP contribution is 2.31. The molecule has 4 aromatic rings. The molecular weight excluding hydrogens is 512 g/mol. The van der Waals surface area contributed by atoms with E-state index in [1.54, 1.807) is 0 Å². The Kier molecular flexibility index (Phi) is 8.50. The molecule has 0 radical (unpaired) electrons. The van der Waals surface area contributed by atoms with Gasteiger partial charge in [0.15, 0.2) is 0 Å². The second kappa shape index (κ2) is 12.2. The highest BCUT2D eigenvalue weighted by Gasteiger charge is 2.23. The largest absolute Gasteiger partial charge is 0.490 e. The van der Waals surface area contributed by atoms with Crippen molar-refractivity contribution in [2.75, 3.05) is 26.2 Å². The van der Waals surface area contributed by atoms with Gasteiger partial charge in [-0.15, -0.1) is 0 Å². The van der Waals surface area contributed by atoms with Gasteiger partial charge >= 0.3 is 0 Å². The van der Waals surface area contributed by atoms with Crippen LogP contribution < -0.4 is 10.1 Å². The maximum absolute atomic E-state index is 13.3. The standard InChI is InChI=1S/C31H35ClN4O3/c1-20(2)29(25-5-3-4-6-27(25)32)33-31(38)22-9-12-28-26(19-22)30(35-34-28)21-7-10-23(11-8-21)39-24-13-15-36(16-14-24)17-18-37/h3-12,19-20,24,29,37H,13-18H2,1-2H3,(H,33,38)(H,34,35)/t29-/m0/s1. The number of nitrogens with zero attached hydrogens (tertiary/aromatic N) is 2. The zero-order valence-corrected chi connectivity index (χ0v) is 23.1. The van der Waals surface area contributed by atoms with E-state index in [-0.39, 0.29) is 30.6 Å². The number of aliphatic hydroxyl groups is 1. The normalized spacial score (nSPS) is 15.5. The Balaban J connectivity index is 1.31. The highest BCUT2D eigenvalue weighted by molar-refractivity contribution is 6.31. The molecule has 204 valence electrons. The summed E-state index contributed by atoms with van der Waals surface area (Å²) >= 11 is 6.44. The number of carbonyl (C=O) groups excluding carboxylic acids is 1. The van der Waals surface area contributed by atoms with E-state index in [4.69, 9.17) is 21.4 Å². The van der Waals surface area contributed by atoms with Gasteiger partial charge in [-0.3, -0.25) is 9.89 Å². The van der Waals surface area contributed by atoms with Gasteiger partial charge in [0.25, 0.3) is 5.91 Å². The van der Waals surface area contributed by atoms with Crippen molar-refractivity contribution in [1.29, 1.82) is 0 Å². The first kappa shape index (κ1) is 27.2. The molecule has 1 atom stereocenters. The average molecular weight is 547 g/mol. The number of aliphatic hydroxyl groups excluding tert-OH is 1. The van der Waals surface area contributed by atoms with Gasteiger partial charge in [0.2, 0.25) is 0 Å². The van der Waals surface area contributed by atoms with E-state index in [0.717, 1.165) is 65.9 Å². The van der Waals surface area contributed by atoms with E-state index >= 15 is 0 Å². The number of benzene rings is 3. The summed E-state index contributed by atoms with van der Waals surface area (Å²) in [4.78, 5) is 15.6. The van der Waals surface area contributed by atoms with Gasteiger partial charge in [0.05, 0.1) is 23.9 Å². The minimum Gasteiger partial charge on any atom is -0.490 e. The summed E-state index contributed by atoms with van der Waals surface area (Å²) in [5.41, 5.74) is 4.07. The van der Waals surface area contributed by atoms with Crippen LogP contribution in [0.5, 0.6) is 5.75 Å². The molecule has 0 spiro atoms. The second-order valence-corrected chi connectivity index (χ2v) is 10.9. The van der Waals surface area contributed by atoms with Crippen molar-refractivity contribution in [3.8, 4) is 17.0 Å². The molecule has 1 aliphatic heterocycles. The Bertz CT molecular complexity index is 1410. The number of halogens is 1. The molecule has 0 saturated carbocycles. The van der Waals surface area contributed by atoms with Crippen LogP contribution in [0.3, 0.4) is 0 Å². The number of hydrogen-bond donors (Lipinski definition) is 3. The lowest BCUT2D eigenvalue weighted by Gasteiger charge is -2.31. The Hall–Kier alpha value is -3.39. The average Bonchev–Trinajstić information content (AvgIpc) is 3.37. The van der Waals surface area contributed by atoms with Crippen LogP contribution in [0.1, 0.15) is 48.7 Å². The molecule has 1 fully saturated rings. The summed E-state index contributed by atoms with van der Waals surface area (Å²) in [6.45, 7) is 6.94. The number of fused-ring (bicyclic) bond motifs is 1. The first-order chi connectivity index (χ1) is 18.9. The zero-order valence-electron chi connectivity index (χ0n) is 22.4. The molecule has 0 unspecified atom stereocenters. The quantitative estimate of drug-likeness (QED) is 0.245. The van der Waals surface area contributed by atoms with Gasteiger partial charge in [-0.1, -0.05) is 43.6 Å². The van der Waals surface area contributed by atoms with Crippen LogP contribution in [0.2, 0.25) is 5.02 Å². The van der Waals surface area contributed by atoms with E-state index < -0.39 is 0 Å². The highest BCUT2D eigenvalue weighted by atomic mass is 35.5. The number of amides is 1. The van der Waals surface area contributed by atoms with Crippen LogP contribution in [-0.2, 0) is 0 Å². The van der Waals surface area contributed by atoms with Crippen LogP contribution in [0.15, 0.2) is 66.7 Å². The molecule has 0 aliphatic carbocycles. The van der Waals surface area contributed by atoms with Crippen molar-refractivity contribution in [2.45, 2.75) is 38.8 Å². The number of rotatable bonds is 9. The maximum Gasteiger partial charge on any atom is 0.251 e. The fourth-order valence-corrected chi connectivity index (χ4v) is 5.46. The molecule has 1 amide bonds. The number of aromatic nitrogens is 2. The van der Waals surface area contributed by atoms with Crippen LogP contribution >= 0.6 is 11.6 Å². The molecule has 8 heteroatoms. The summed E-state index contributed by atoms with van der Waals surface area (Å²) in [5.74, 6) is 0.839. The maximum atomic E-state index is 13.3. The minimum absolute atomic E-state index is 0.156. The Morgan fingerprint density at radius 3 is 2.56 bits per heavy atom. The van der Waals surface area contributed by atoms with Crippen molar-refractivity contribution < 1.29 is 14.6 Å². The van der Waals surface area contributed by atoms with Gasteiger partial charge in [-0.05, 0) is 72.9 Å². The molecular formula is C31H35ClN4O3. The van der Waals surface area contributed by atoms with E-state index in [9.17, 15) is 4.79 Å². The molecule has 2 heterocycles. The lowest BCUT2D eigenvalue weighted by molar-refractivity contribution is 0.0889. The van der Waals surface area contributed by atoms with Crippen molar-refractivity contribution >= 4 is 28.4 Å². The number of β-amino-alcohol motifs (C(OH)–C–C–N with tert-alkyl or cyclic N) is 1. The van der Waals surface area contributed by atoms with Crippen molar-refractivity contribution in [2.24, 2.45) is 5.92 Å². The molecule has 3 N–H and O–H groups in total. The Morgan fingerprint density at radius 1 is 1.13 bits per heavy atom. The number of likely N-dealkylation sites (tertiary alicyclic amines) is 1. The smallest absolute Gasteiger partial charge is 0.251 e. The van der Waals surface area contributed by atoms with Crippen molar-refractivity contribution in [3.05, 3.63) is 82.9 Å². The fraction of sp³-hybridized carbons (Fsp3) is 0.355. The third kappa shape index (κ3) is 6.27. The molecule has 39 heavy (non-hydrogen) atoms. The van der Waals surface area contributed by atoms with Gasteiger partial charge in [0.1, 0.15) is 11.9 Å². The topological polar surface area (TPSA) is 90.5 Å². The predicted octanol–water partition coefficient (Wildman–Crippen LogP) is 5.85. The number of H-pyrrole nitrogens is 1. The number of piperidine rings is 1. The summed E-state index contributed by atoms with van der Waals surface area (Å²) < 4.78 is 6.21. The molecule has 0 bridgehead atoms. The third-order valence-corrected chi connectivity index (χ3v) is 7.74. The van der Waals surface area contributed by atoms with Crippen LogP contribution in [0.4, 0.5) is 0 Å². The Morgan fingerprint density at radius 2 is 1.87 bits per heavy atom. The lowest BCUT2D eigenvalue weighted by Crippen LogP contribution is -2.39. The third-order valence-electron chi connectivity index (χ3n) is 7.40. The molecule has 1 aromatic heterocycles. The molecule has 1 aliphatic rings.